The molecule has 0 aliphatic carbocycles. The van der Waals surface area contributed by atoms with Gasteiger partial charge in [-0.25, -0.2) is 0 Å². The minimum Gasteiger partial charge on any atom is -0.354 e. The van der Waals surface area contributed by atoms with E-state index in [0.29, 0.717) is 11.8 Å². The standard InChI is InChI=1S/C12H23NO/c1-9(2)5-6-12(7-10(3)4)8-13-11(12)14/h9-10H,5-8H2,1-4H3,(H,13,14)/t12-/m0/s1. The average molecular weight is 197 g/mol. The molecule has 1 rings (SSSR count). The zero-order chi connectivity index (χ0) is 10.8. The first-order valence-corrected chi connectivity index (χ1v) is 5.74. The van der Waals surface area contributed by atoms with Crippen LogP contribution in [-0.2, 0) is 4.79 Å². The van der Waals surface area contributed by atoms with Gasteiger partial charge >= 0.3 is 0 Å². The number of hydrogen-bond acceptors (Lipinski definition) is 1. The molecule has 1 aliphatic heterocycles. The Morgan fingerprint density at radius 1 is 1.29 bits per heavy atom. The van der Waals surface area contributed by atoms with Crippen LogP contribution in [0.3, 0.4) is 0 Å². The summed E-state index contributed by atoms with van der Waals surface area (Å²) < 4.78 is 0. The van der Waals surface area contributed by atoms with Crippen molar-refractivity contribution in [1.29, 1.82) is 0 Å². The maximum Gasteiger partial charge on any atom is 0.228 e. The summed E-state index contributed by atoms with van der Waals surface area (Å²) in [6.45, 7) is 9.74. The van der Waals surface area contributed by atoms with Crippen molar-refractivity contribution < 1.29 is 4.79 Å². The third-order valence-electron chi connectivity index (χ3n) is 3.07. The first-order chi connectivity index (χ1) is 6.46. The Bertz CT molecular complexity index is 210. The van der Waals surface area contributed by atoms with Crippen LogP contribution in [0.15, 0.2) is 0 Å². The molecule has 0 saturated carbocycles. The van der Waals surface area contributed by atoms with Gasteiger partial charge in [-0.3, -0.25) is 4.79 Å². The molecular weight excluding hydrogens is 174 g/mol. The molecule has 1 fully saturated rings. The molecule has 0 bridgehead atoms. The molecule has 0 aromatic heterocycles. The summed E-state index contributed by atoms with van der Waals surface area (Å²) in [6.07, 6.45) is 3.28. The van der Waals surface area contributed by atoms with Gasteiger partial charge in [0.15, 0.2) is 0 Å². The van der Waals surface area contributed by atoms with Crippen LogP contribution in [0.25, 0.3) is 0 Å². The summed E-state index contributed by atoms with van der Waals surface area (Å²) in [6, 6.07) is 0. The molecule has 2 nitrogen and oxygen atoms in total. The fourth-order valence-corrected chi connectivity index (χ4v) is 2.23. The van der Waals surface area contributed by atoms with E-state index in [1.54, 1.807) is 0 Å². The van der Waals surface area contributed by atoms with Crippen molar-refractivity contribution in [2.45, 2.75) is 47.0 Å². The molecule has 14 heavy (non-hydrogen) atoms. The SMILES string of the molecule is CC(C)CC[C@]1(CC(C)C)CNC1=O. The molecule has 1 saturated heterocycles. The Kier molecular flexibility index (Phi) is 3.57. The van der Waals surface area contributed by atoms with E-state index >= 15 is 0 Å². The molecule has 82 valence electrons. The molecule has 1 aliphatic rings. The molecule has 1 atom stereocenters. The van der Waals surface area contributed by atoms with Gasteiger partial charge < -0.3 is 5.32 Å². The van der Waals surface area contributed by atoms with E-state index in [9.17, 15) is 4.79 Å². The van der Waals surface area contributed by atoms with Crippen molar-refractivity contribution in [1.82, 2.24) is 5.32 Å². The zero-order valence-electron chi connectivity index (χ0n) is 9.89. The molecule has 1 N–H and O–H groups in total. The first-order valence-electron chi connectivity index (χ1n) is 5.74. The lowest BCUT2D eigenvalue weighted by atomic mass is 9.70. The van der Waals surface area contributed by atoms with Crippen LogP contribution in [0.5, 0.6) is 0 Å². The monoisotopic (exact) mass is 197 g/mol. The zero-order valence-corrected chi connectivity index (χ0v) is 9.89. The molecule has 1 heterocycles. The summed E-state index contributed by atoms with van der Waals surface area (Å²) in [4.78, 5) is 11.6. The number of amides is 1. The van der Waals surface area contributed by atoms with Crippen LogP contribution < -0.4 is 5.32 Å². The van der Waals surface area contributed by atoms with E-state index in [0.717, 1.165) is 19.4 Å². The molecule has 0 unspecified atom stereocenters. The molecule has 0 spiro atoms. The second kappa shape index (κ2) is 4.33. The third-order valence-corrected chi connectivity index (χ3v) is 3.07. The number of hydrogen-bond donors (Lipinski definition) is 1. The second-order valence-electron chi connectivity index (χ2n) is 5.49. The lowest BCUT2D eigenvalue weighted by Crippen LogP contribution is -2.59. The van der Waals surface area contributed by atoms with E-state index < -0.39 is 0 Å². The van der Waals surface area contributed by atoms with Gasteiger partial charge in [0.2, 0.25) is 5.91 Å². The van der Waals surface area contributed by atoms with Gasteiger partial charge in [0, 0.05) is 6.54 Å². The Hall–Kier alpha value is -0.530. The van der Waals surface area contributed by atoms with E-state index in [1.807, 2.05) is 0 Å². The topological polar surface area (TPSA) is 29.1 Å². The predicted octanol–water partition coefficient (Wildman–Crippen LogP) is 2.58. The molecular formula is C12H23NO. The van der Waals surface area contributed by atoms with Gasteiger partial charge in [0.05, 0.1) is 5.41 Å². The maximum absolute atomic E-state index is 11.6. The van der Waals surface area contributed by atoms with Gasteiger partial charge in [-0.05, 0) is 31.1 Å². The van der Waals surface area contributed by atoms with Gasteiger partial charge in [-0.2, -0.15) is 0 Å². The Balaban J connectivity index is 2.50. The maximum atomic E-state index is 11.6. The summed E-state index contributed by atoms with van der Waals surface area (Å²) in [7, 11) is 0. The van der Waals surface area contributed by atoms with Crippen LogP contribution in [0.2, 0.25) is 0 Å². The summed E-state index contributed by atoms with van der Waals surface area (Å²) in [5.41, 5.74) is -0.0154. The number of β-lactam (4-membered cyclic amide) rings is 1. The lowest BCUT2D eigenvalue weighted by Gasteiger charge is -2.42. The number of rotatable bonds is 5. The van der Waals surface area contributed by atoms with Crippen LogP contribution in [0.4, 0.5) is 0 Å². The van der Waals surface area contributed by atoms with Crippen molar-refractivity contribution in [3.8, 4) is 0 Å². The minimum absolute atomic E-state index is 0.0154. The van der Waals surface area contributed by atoms with Gasteiger partial charge in [0.1, 0.15) is 0 Å². The highest BCUT2D eigenvalue weighted by atomic mass is 16.2. The van der Waals surface area contributed by atoms with Gasteiger partial charge in [-0.1, -0.05) is 27.7 Å². The van der Waals surface area contributed by atoms with Crippen LogP contribution in [-0.4, -0.2) is 12.5 Å². The third kappa shape index (κ3) is 2.49. The highest BCUT2D eigenvalue weighted by Gasteiger charge is 2.45. The largest absolute Gasteiger partial charge is 0.354 e. The average Bonchev–Trinajstić information content (AvgIpc) is 2.08. The Labute approximate surface area is 87.5 Å². The van der Waals surface area contributed by atoms with Crippen molar-refractivity contribution in [2.75, 3.05) is 6.54 Å². The fourth-order valence-electron chi connectivity index (χ4n) is 2.23. The first kappa shape index (κ1) is 11.5. The van der Waals surface area contributed by atoms with Gasteiger partial charge in [-0.15, -0.1) is 0 Å². The van der Waals surface area contributed by atoms with E-state index in [1.165, 1.54) is 6.42 Å². The Morgan fingerprint density at radius 2 is 1.93 bits per heavy atom. The normalized spacial score (nSPS) is 26.6. The number of carbonyl (C=O) groups excluding carboxylic acids is 1. The van der Waals surface area contributed by atoms with Crippen LogP contribution in [0.1, 0.15) is 47.0 Å². The Morgan fingerprint density at radius 3 is 2.21 bits per heavy atom. The summed E-state index contributed by atoms with van der Waals surface area (Å²) in [5, 5.41) is 2.89. The molecule has 0 aromatic rings. The van der Waals surface area contributed by atoms with E-state index in [4.69, 9.17) is 0 Å². The number of carbonyl (C=O) groups is 1. The number of nitrogens with one attached hydrogen (secondary N) is 1. The highest BCUT2D eigenvalue weighted by Crippen LogP contribution is 2.37. The van der Waals surface area contributed by atoms with Crippen LogP contribution in [0, 0.1) is 17.3 Å². The predicted molar refractivity (Wildman–Crippen MR) is 59.0 cm³/mol. The van der Waals surface area contributed by atoms with Crippen molar-refractivity contribution in [3.05, 3.63) is 0 Å². The summed E-state index contributed by atoms with van der Waals surface area (Å²) in [5.74, 6) is 1.60. The molecule has 0 radical (unpaired) electrons. The van der Waals surface area contributed by atoms with Gasteiger partial charge in [0.25, 0.3) is 0 Å². The van der Waals surface area contributed by atoms with Crippen molar-refractivity contribution in [3.63, 3.8) is 0 Å². The molecule has 1 amide bonds. The van der Waals surface area contributed by atoms with Crippen LogP contribution >= 0.6 is 0 Å². The van der Waals surface area contributed by atoms with Crippen molar-refractivity contribution >= 4 is 5.91 Å². The minimum atomic E-state index is -0.0154. The quantitative estimate of drug-likeness (QED) is 0.674. The highest BCUT2D eigenvalue weighted by molar-refractivity contribution is 5.88. The molecule has 0 aromatic carbocycles. The summed E-state index contributed by atoms with van der Waals surface area (Å²) >= 11 is 0. The van der Waals surface area contributed by atoms with E-state index in [-0.39, 0.29) is 11.3 Å². The van der Waals surface area contributed by atoms with Crippen molar-refractivity contribution in [2.24, 2.45) is 17.3 Å². The second-order valence-corrected chi connectivity index (χ2v) is 5.49. The smallest absolute Gasteiger partial charge is 0.228 e. The lowest BCUT2D eigenvalue weighted by molar-refractivity contribution is -0.142. The fraction of sp³-hybridized carbons (Fsp3) is 0.917. The van der Waals surface area contributed by atoms with E-state index in [2.05, 4.69) is 33.0 Å². The molecule has 2 heteroatoms.